The smallest absolute Gasteiger partial charge is 0.227 e. The van der Waals surface area contributed by atoms with E-state index in [-0.39, 0.29) is 0 Å². The van der Waals surface area contributed by atoms with Crippen molar-refractivity contribution in [1.82, 2.24) is 10.1 Å². The zero-order chi connectivity index (χ0) is 11.4. The number of nitrogens with zero attached hydrogens (tertiary/aromatic N) is 2. The third-order valence-corrected chi connectivity index (χ3v) is 3.07. The van der Waals surface area contributed by atoms with Crippen LogP contribution in [0.25, 0.3) is 11.4 Å². The van der Waals surface area contributed by atoms with E-state index in [0.29, 0.717) is 17.6 Å². The summed E-state index contributed by atoms with van der Waals surface area (Å²) in [4.78, 5) is 4.31. The lowest BCUT2D eigenvalue weighted by atomic mass is 10.2. The quantitative estimate of drug-likeness (QED) is 0.809. The number of alkyl halides is 1. The molecule has 1 heterocycles. The second kappa shape index (κ2) is 5.46. The Hall–Kier alpha value is -0.870. The summed E-state index contributed by atoms with van der Waals surface area (Å²) >= 11 is 9.06. The van der Waals surface area contributed by atoms with Crippen molar-refractivity contribution in [2.24, 2.45) is 0 Å². The summed E-state index contributed by atoms with van der Waals surface area (Å²) in [5.74, 6) is 1.84. The molecule has 0 aliphatic heterocycles. The normalized spacial score (nSPS) is 10.6. The second-order valence-electron chi connectivity index (χ2n) is 3.28. The molecule has 0 radical (unpaired) electrons. The summed E-state index contributed by atoms with van der Waals surface area (Å²) in [6, 6.07) is 7.78. The maximum Gasteiger partial charge on any atom is 0.227 e. The molecule has 0 unspecified atom stereocenters. The van der Waals surface area contributed by atoms with Crippen LogP contribution in [0, 0.1) is 0 Å². The van der Waals surface area contributed by atoms with E-state index < -0.39 is 0 Å². The van der Waals surface area contributed by atoms with Crippen LogP contribution in [-0.4, -0.2) is 16.0 Å². The topological polar surface area (TPSA) is 38.9 Å². The van der Waals surface area contributed by atoms with Gasteiger partial charge in [0.15, 0.2) is 0 Å². The fourth-order valence-electron chi connectivity index (χ4n) is 1.33. The largest absolute Gasteiger partial charge is 0.339 e. The van der Waals surface area contributed by atoms with Gasteiger partial charge in [-0.2, -0.15) is 4.98 Å². The second-order valence-corrected chi connectivity index (χ2v) is 4.52. The molecule has 84 valence electrons. The van der Waals surface area contributed by atoms with Crippen molar-refractivity contribution in [3.05, 3.63) is 34.6 Å². The highest BCUT2D eigenvalue weighted by atomic mass is 79.9. The molecule has 1 aromatic carbocycles. The Balaban J connectivity index is 2.22. The van der Waals surface area contributed by atoms with E-state index in [1.165, 1.54) is 0 Å². The van der Waals surface area contributed by atoms with Gasteiger partial charge in [-0.25, -0.2) is 0 Å². The highest BCUT2D eigenvalue weighted by Crippen LogP contribution is 2.25. The number of rotatable bonds is 4. The summed E-state index contributed by atoms with van der Waals surface area (Å²) in [5, 5.41) is 3.94. The maximum absolute atomic E-state index is 5.60. The van der Waals surface area contributed by atoms with Crippen molar-refractivity contribution in [1.29, 1.82) is 0 Å². The van der Waals surface area contributed by atoms with Gasteiger partial charge in [0.05, 0.1) is 0 Å². The van der Waals surface area contributed by atoms with E-state index in [1.54, 1.807) is 0 Å². The van der Waals surface area contributed by atoms with Crippen molar-refractivity contribution in [2.45, 2.75) is 12.8 Å². The van der Waals surface area contributed by atoms with Crippen LogP contribution in [0.5, 0.6) is 0 Å². The minimum Gasteiger partial charge on any atom is -0.339 e. The van der Waals surface area contributed by atoms with Crippen LogP contribution in [0.1, 0.15) is 12.3 Å². The molecular formula is C11H10BrClN2O. The summed E-state index contributed by atoms with van der Waals surface area (Å²) in [5.41, 5.74) is 0.934. The van der Waals surface area contributed by atoms with Crippen LogP contribution in [-0.2, 0) is 6.42 Å². The average Bonchev–Trinajstić information content (AvgIpc) is 2.75. The number of hydrogen-bond acceptors (Lipinski definition) is 3. The SMILES string of the molecule is ClCCCc1nc(-c2ccccc2Br)no1. The summed E-state index contributed by atoms with van der Waals surface area (Å²) in [7, 11) is 0. The Kier molecular flexibility index (Phi) is 3.96. The van der Waals surface area contributed by atoms with Crippen LogP contribution >= 0.6 is 27.5 Å². The zero-order valence-electron chi connectivity index (χ0n) is 8.49. The molecule has 0 spiro atoms. The molecule has 5 heteroatoms. The molecule has 0 N–H and O–H groups in total. The van der Waals surface area contributed by atoms with Crippen LogP contribution in [0.15, 0.2) is 33.3 Å². The predicted octanol–water partition coefficient (Wildman–Crippen LogP) is 3.67. The minimum atomic E-state index is 0.604. The van der Waals surface area contributed by atoms with Crippen LogP contribution in [0.2, 0.25) is 0 Å². The Morgan fingerprint density at radius 2 is 2.12 bits per heavy atom. The highest BCUT2D eigenvalue weighted by molar-refractivity contribution is 9.10. The van der Waals surface area contributed by atoms with Crippen LogP contribution < -0.4 is 0 Å². The lowest BCUT2D eigenvalue weighted by molar-refractivity contribution is 0.378. The van der Waals surface area contributed by atoms with Crippen molar-refractivity contribution < 1.29 is 4.52 Å². The minimum absolute atomic E-state index is 0.604. The van der Waals surface area contributed by atoms with Gasteiger partial charge in [0, 0.05) is 22.3 Å². The van der Waals surface area contributed by atoms with Gasteiger partial charge in [0.2, 0.25) is 11.7 Å². The van der Waals surface area contributed by atoms with Crippen molar-refractivity contribution in [2.75, 3.05) is 5.88 Å². The van der Waals surface area contributed by atoms with E-state index >= 15 is 0 Å². The fourth-order valence-corrected chi connectivity index (χ4v) is 1.92. The van der Waals surface area contributed by atoms with Crippen LogP contribution in [0.4, 0.5) is 0 Å². The van der Waals surface area contributed by atoms with Crippen LogP contribution in [0.3, 0.4) is 0 Å². The Morgan fingerprint density at radius 1 is 1.31 bits per heavy atom. The fraction of sp³-hybridized carbons (Fsp3) is 0.273. The first-order chi connectivity index (χ1) is 7.81. The third-order valence-electron chi connectivity index (χ3n) is 2.11. The number of benzene rings is 1. The third kappa shape index (κ3) is 2.62. The maximum atomic E-state index is 5.60. The summed E-state index contributed by atoms with van der Waals surface area (Å²) in [6.07, 6.45) is 1.57. The zero-order valence-corrected chi connectivity index (χ0v) is 10.8. The van der Waals surface area contributed by atoms with Gasteiger partial charge >= 0.3 is 0 Å². The molecule has 2 aromatic rings. The van der Waals surface area contributed by atoms with Gasteiger partial charge in [0.1, 0.15) is 0 Å². The number of aromatic nitrogens is 2. The Labute approximate surface area is 107 Å². The number of aryl methyl sites for hydroxylation is 1. The predicted molar refractivity (Wildman–Crippen MR) is 66.5 cm³/mol. The lowest BCUT2D eigenvalue weighted by Gasteiger charge is -1.96. The molecular weight excluding hydrogens is 291 g/mol. The molecule has 0 saturated heterocycles. The summed E-state index contributed by atoms with van der Waals surface area (Å²) < 4.78 is 6.09. The van der Waals surface area contributed by atoms with E-state index in [1.807, 2.05) is 24.3 Å². The molecule has 0 amide bonds. The standard InChI is InChI=1S/C11H10BrClN2O/c12-9-5-2-1-4-8(9)11-14-10(16-15-11)6-3-7-13/h1-2,4-5H,3,6-7H2. The molecule has 0 saturated carbocycles. The molecule has 3 nitrogen and oxygen atoms in total. The number of halogens is 2. The molecule has 0 aliphatic rings. The van der Waals surface area contributed by atoms with Crippen molar-refractivity contribution >= 4 is 27.5 Å². The van der Waals surface area contributed by atoms with E-state index in [2.05, 4.69) is 26.1 Å². The van der Waals surface area contributed by atoms with E-state index in [4.69, 9.17) is 16.1 Å². The lowest BCUT2D eigenvalue weighted by Crippen LogP contribution is -1.87. The summed E-state index contributed by atoms with van der Waals surface area (Å²) in [6.45, 7) is 0. The van der Waals surface area contributed by atoms with Crippen molar-refractivity contribution in [3.8, 4) is 11.4 Å². The molecule has 16 heavy (non-hydrogen) atoms. The Morgan fingerprint density at radius 3 is 2.88 bits per heavy atom. The molecule has 1 aromatic heterocycles. The van der Waals surface area contributed by atoms with Gasteiger partial charge in [-0.15, -0.1) is 11.6 Å². The van der Waals surface area contributed by atoms with E-state index in [9.17, 15) is 0 Å². The van der Waals surface area contributed by atoms with Gasteiger partial charge < -0.3 is 4.52 Å². The average molecular weight is 302 g/mol. The highest BCUT2D eigenvalue weighted by Gasteiger charge is 2.10. The first kappa shape index (κ1) is 11.6. The molecule has 2 rings (SSSR count). The molecule has 0 fully saturated rings. The molecule has 0 atom stereocenters. The number of hydrogen-bond donors (Lipinski definition) is 0. The first-order valence-electron chi connectivity index (χ1n) is 4.94. The monoisotopic (exact) mass is 300 g/mol. The van der Waals surface area contributed by atoms with Gasteiger partial charge in [-0.1, -0.05) is 33.2 Å². The molecule has 0 aliphatic carbocycles. The van der Waals surface area contributed by atoms with Gasteiger partial charge in [0.25, 0.3) is 0 Å². The molecule has 0 bridgehead atoms. The van der Waals surface area contributed by atoms with Gasteiger partial charge in [-0.05, 0) is 18.6 Å². The van der Waals surface area contributed by atoms with Crippen molar-refractivity contribution in [3.63, 3.8) is 0 Å². The van der Waals surface area contributed by atoms with Gasteiger partial charge in [-0.3, -0.25) is 0 Å². The first-order valence-corrected chi connectivity index (χ1v) is 6.27. The van der Waals surface area contributed by atoms with E-state index in [0.717, 1.165) is 22.9 Å². The Bertz CT molecular complexity index is 473.